The van der Waals surface area contributed by atoms with Crippen LogP contribution in [0.4, 0.5) is 4.39 Å². The van der Waals surface area contributed by atoms with Gasteiger partial charge in [-0.05, 0) is 43.5 Å². The van der Waals surface area contributed by atoms with E-state index in [1.165, 1.54) is 6.07 Å². The van der Waals surface area contributed by atoms with Gasteiger partial charge in [0, 0.05) is 38.4 Å². The van der Waals surface area contributed by atoms with Crippen molar-refractivity contribution in [1.29, 1.82) is 0 Å². The molecular weight excluding hydrogens is 343 g/mol. The van der Waals surface area contributed by atoms with E-state index in [1.807, 2.05) is 30.8 Å². The van der Waals surface area contributed by atoms with E-state index in [4.69, 9.17) is 0 Å². The average molecular weight is 368 g/mol. The average Bonchev–Trinajstić information content (AvgIpc) is 3.30. The summed E-state index contributed by atoms with van der Waals surface area (Å²) in [6, 6.07) is 5.34. The van der Waals surface area contributed by atoms with Crippen LogP contribution >= 0.6 is 0 Å². The second kappa shape index (κ2) is 7.60. The molecule has 142 valence electrons. The maximum atomic E-state index is 13.8. The summed E-state index contributed by atoms with van der Waals surface area (Å²) in [4.78, 5) is 6.48. The van der Waals surface area contributed by atoms with Crippen molar-refractivity contribution in [3.05, 3.63) is 65.5 Å². The van der Waals surface area contributed by atoms with E-state index in [0.29, 0.717) is 12.5 Å². The molecule has 7 heteroatoms. The maximum absolute atomic E-state index is 13.8. The molecule has 0 bridgehead atoms. The molecule has 3 aromatic rings. The second-order valence-electron chi connectivity index (χ2n) is 7.37. The lowest BCUT2D eigenvalue weighted by atomic mass is 9.96. The molecule has 0 spiro atoms. The van der Waals surface area contributed by atoms with E-state index >= 15 is 0 Å². The summed E-state index contributed by atoms with van der Waals surface area (Å²) in [5.74, 6) is 2.19. The first-order chi connectivity index (χ1) is 13.1. The van der Waals surface area contributed by atoms with Crippen LogP contribution in [-0.2, 0) is 20.1 Å². The van der Waals surface area contributed by atoms with Gasteiger partial charge in [0.2, 0.25) is 0 Å². The third kappa shape index (κ3) is 3.78. The highest BCUT2D eigenvalue weighted by atomic mass is 19.1. The molecule has 1 aliphatic rings. The number of nitrogens with zero attached hydrogens (tertiary/aromatic N) is 6. The number of likely N-dealkylation sites (tertiary alicyclic amines) is 1. The molecule has 3 heterocycles. The molecule has 4 rings (SSSR count). The number of hydrogen-bond acceptors (Lipinski definition) is 4. The van der Waals surface area contributed by atoms with Gasteiger partial charge in [-0.2, -0.15) is 0 Å². The van der Waals surface area contributed by atoms with Gasteiger partial charge < -0.3 is 9.13 Å². The van der Waals surface area contributed by atoms with E-state index in [9.17, 15) is 4.39 Å². The lowest BCUT2D eigenvalue weighted by Gasteiger charge is -2.32. The Kier molecular flexibility index (Phi) is 5.03. The normalized spacial score (nSPS) is 18.1. The number of hydrogen-bond donors (Lipinski definition) is 0. The fourth-order valence-corrected chi connectivity index (χ4v) is 3.89. The van der Waals surface area contributed by atoms with Crippen LogP contribution in [0.15, 0.2) is 36.9 Å². The Morgan fingerprint density at radius 1 is 1.22 bits per heavy atom. The predicted molar refractivity (Wildman–Crippen MR) is 101 cm³/mol. The van der Waals surface area contributed by atoms with Gasteiger partial charge in [0.15, 0.2) is 5.82 Å². The third-order valence-electron chi connectivity index (χ3n) is 5.53. The molecule has 1 fully saturated rings. The Labute approximate surface area is 158 Å². The number of aromatic nitrogens is 5. The minimum absolute atomic E-state index is 0.126. The standard InChI is InChI=1S/C20H25FN6/c1-15-16(5-3-7-18(15)21)11-26-9-4-6-17(12-26)20-24-23-19(25(20)2)13-27-10-8-22-14-27/h3,5,7-8,10,14,17H,4,6,9,11-13H2,1-2H3/t17-/m0/s1. The summed E-state index contributed by atoms with van der Waals surface area (Å²) in [5.41, 5.74) is 1.82. The summed E-state index contributed by atoms with van der Waals surface area (Å²) in [7, 11) is 2.04. The molecule has 2 aromatic heterocycles. The molecule has 1 aromatic carbocycles. The summed E-state index contributed by atoms with van der Waals surface area (Å²) in [5, 5.41) is 8.88. The Balaban J connectivity index is 1.47. The summed E-state index contributed by atoms with van der Waals surface area (Å²) in [6.45, 7) is 5.26. The molecule has 0 N–H and O–H groups in total. The largest absolute Gasteiger partial charge is 0.330 e. The smallest absolute Gasteiger partial charge is 0.152 e. The first-order valence-corrected chi connectivity index (χ1v) is 9.42. The van der Waals surface area contributed by atoms with Crippen LogP contribution in [0.1, 0.15) is 41.5 Å². The molecule has 0 unspecified atom stereocenters. The molecule has 1 aliphatic heterocycles. The molecule has 1 atom stereocenters. The van der Waals surface area contributed by atoms with Gasteiger partial charge in [-0.1, -0.05) is 12.1 Å². The molecule has 6 nitrogen and oxygen atoms in total. The van der Waals surface area contributed by atoms with Crippen LogP contribution < -0.4 is 0 Å². The Bertz CT molecular complexity index is 901. The number of piperidine rings is 1. The topological polar surface area (TPSA) is 51.8 Å². The molecule has 0 amide bonds. The molecular formula is C20H25FN6. The van der Waals surface area contributed by atoms with Gasteiger partial charge in [-0.3, -0.25) is 4.90 Å². The van der Waals surface area contributed by atoms with Crippen LogP contribution in [0.3, 0.4) is 0 Å². The maximum Gasteiger partial charge on any atom is 0.152 e. The summed E-state index contributed by atoms with van der Waals surface area (Å²) in [6.07, 6.45) is 7.71. The SMILES string of the molecule is Cc1c(F)cccc1CN1CCC[C@H](c2nnc(Cn3ccnc3)n2C)C1. The van der Waals surface area contributed by atoms with E-state index < -0.39 is 0 Å². The predicted octanol–water partition coefficient (Wildman–Crippen LogP) is 2.89. The van der Waals surface area contributed by atoms with Gasteiger partial charge in [0.25, 0.3) is 0 Å². The Hall–Kier alpha value is -2.54. The van der Waals surface area contributed by atoms with Crippen molar-refractivity contribution in [3.63, 3.8) is 0 Å². The van der Waals surface area contributed by atoms with Gasteiger partial charge in [0.05, 0.1) is 12.9 Å². The van der Waals surface area contributed by atoms with Crippen LogP contribution in [0.2, 0.25) is 0 Å². The van der Waals surface area contributed by atoms with Gasteiger partial charge in [-0.25, -0.2) is 9.37 Å². The fourth-order valence-electron chi connectivity index (χ4n) is 3.89. The van der Waals surface area contributed by atoms with Crippen LogP contribution in [0, 0.1) is 12.7 Å². The summed E-state index contributed by atoms with van der Waals surface area (Å²) >= 11 is 0. The van der Waals surface area contributed by atoms with Crippen molar-refractivity contribution in [1.82, 2.24) is 29.2 Å². The van der Waals surface area contributed by atoms with E-state index in [1.54, 1.807) is 18.6 Å². The second-order valence-corrected chi connectivity index (χ2v) is 7.37. The highest BCUT2D eigenvalue weighted by molar-refractivity contribution is 5.27. The van der Waals surface area contributed by atoms with Gasteiger partial charge in [0.1, 0.15) is 11.6 Å². The Morgan fingerprint density at radius 2 is 2.11 bits per heavy atom. The number of imidazole rings is 1. The monoisotopic (exact) mass is 368 g/mol. The van der Waals surface area contributed by atoms with Crippen molar-refractivity contribution in [2.75, 3.05) is 13.1 Å². The number of halogens is 1. The van der Waals surface area contributed by atoms with Crippen molar-refractivity contribution in [2.45, 2.75) is 38.8 Å². The van der Waals surface area contributed by atoms with E-state index in [0.717, 1.165) is 55.3 Å². The first kappa shape index (κ1) is 17.9. The zero-order chi connectivity index (χ0) is 18.8. The highest BCUT2D eigenvalue weighted by Gasteiger charge is 2.26. The summed E-state index contributed by atoms with van der Waals surface area (Å²) < 4.78 is 17.9. The van der Waals surface area contributed by atoms with Gasteiger partial charge in [-0.15, -0.1) is 10.2 Å². The minimum atomic E-state index is -0.126. The molecule has 27 heavy (non-hydrogen) atoms. The first-order valence-electron chi connectivity index (χ1n) is 9.42. The molecule has 1 saturated heterocycles. The van der Waals surface area contributed by atoms with Crippen molar-refractivity contribution >= 4 is 0 Å². The lowest BCUT2D eigenvalue weighted by molar-refractivity contribution is 0.194. The van der Waals surface area contributed by atoms with Crippen LogP contribution in [0.5, 0.6) is 0 Å². The third-order valence-corrected chi connectivity index (χ3v) is 5.53. The lowest BCUT2D eigenvalue weighted by Crippen LogP contribution is -2.35. The highest BCUT2D eigenvalue weighted by Crippen LogP contribution is 2.27. The minimum Gasteiger partial charge on any atom is -0.330 e. The Morgan fingerprint density at radius 3 is 2.93 bits per heavy atom. The quantitative estimate of drug-likeness (QED) is 0.695. The van der Waals surface area contributed by atoms with E-state index in [2.05, 4.69) is 24.6 Å². The van der Waals surface area contributed by atoms with Crippen molar-refractivity contribution in [3.8, 4) is 0 Å². The van der Waals surface area contributed by atoms with Crippen LogP contribution in [-0.4, -0.2) is 42.3 Å². The zero-order valence-corrected chi connectivity index (χ0v) is 15.8. The fraction of sp³-hybridized carbons (Fsp3) is 0.450. The zero-order valence-electron chi connectivity index (χ0n) is 15.8. The number of benzene rings is 1. The van der Waals surface area contributed by atoms with E-state index in [-0.39, 0.29) is 5.82 Å². The molecule has 0 aliphatic carbocycles. The molecule has 0 saturated carbocycles. The van der Waals surface area contributed by atoms with Gasteiger partial charge >= 0.3 is 0 Å². The number of rotatable bonds is 5. The van der Waals surface area contributed by atoms with Crippen LogP contribution in [0.25, 0.3) is 0 Å². The van der Waals surface area contributed by atoms with Crippen molar-refractivity contribution < 1.29 is 4.39 Å². The molecule has 0 radical (unpaired) electrons. The van der Waals surface area contributed by atoms with Crippen molar-refractivity contribution in [2.24, 2.45) is 7.05 Å².